The topological polar surface area (TPSA) is 66.4 Å². The van der Waals surface area contributed by atoms with Crippen LogP contribution in [0.4, 0.5) is 0 Å². The molecule has 96 valence electrons. The molecule has 2 aliphatic rings. The first-order chi connectivity index (χ1) is 8.08. The second kappa shape index (κ2) is 4.88. The molecule has 2 saturated carbocycles. The first kappa shape index (κ1) is 12.7. The van der Waals surface area contributed by atoms with Crippen LogP contribution in [0.2, 0.25) is 0 Å². The van der Waals surface area contributed by atoms with Gasteiger partial charge in [0.05, 0.1) is 11.8 Å². The van der Waals surface area contributed by atoms with Crippen molar-refractivity contribution in [2.45, 2.75) is 36.9 Å². The van der Waals surface area contributed by atoms with E-state index in [0.717, 1.165) is 12.8 Å². The summed E-state index contributed by atoms with van der Waals surface area (Å²) in [6.07, 6.45) is 7.38. The molecule has 17 heavy (non-hydrogen) atoms. The number of thioether (sulfide) groups is 1. The van der Waals surface area contributed by atoms with Crippen LogP contribution >= 0.6 is 11.8 Å². The molecule has 2 fully saturated rings. The second-order valence-electron chi connectivity index (χ2n) is 5.10. The molecule has 2 atom stereocenters. The molecule has 1 amide bonds. The summed E-state index contributed by atoms with van der Waals surface area (Å²) in [7, 11) is 0. The molecule has 2 N–H and O–H groups in total. The molecule has 0 radical (unpaired) electrons. The van der Waals surface area contributed by atoms with Gasteiger partial charge in [0.2, 0.25) is 5.91 Å². The van der Waals surface area contributed by atoms with Crippen LogP contribution in [0.5, 0.6) is 0 Å². The molecule has 5 heteroatoms. The number of nitrogens with one attached hydrogen (secondary N) is 1. The third-order valence-corrected chi connectivity index (χ3v) is 5.40. The molecule has 2 aliphatic carbocycles. The summed E-state index contributed by atoms with van der Waals surface area (Å²) in [5.74, 6) is -1.64. The number of aliphatic carboxylic acids is 1. The van der Waals surface area contributed by atoms with Crippen LogP contribution in [-0.2, 0) is 9.59 Å². The standard InChI is InChI=1S/C12H19NO3S/c1-17-12(4-2-3-5-12)7-13-10(14)8-6-9(8)11(15)16/h8-9H,2-7H2,1H3,(H,13,14)(H,15,16). The molecule has 0 aromatic carbocycles. The Morgan fingerprint density at radius 2 is 2.00 bits per heavy atom. The molecule has 0 aromatic heterocycles. The summed E-state index contributed by atoms with van der Waals surface area (Å²) in [5.41, 5.74) is 0. The molecule has 0 heterocycles. The molecule has 4 nitrogen and oxygen atoms in total. The number of carbonyl (C=O) groups excluding carboxylic acids is 1. The van der Waals surface area contributed by atoms with Crippen molar-refractivity contribution in [3.05, 3.63) is 0 Å². The van der Waals surface area contributed by atoms with Crippen molar-refractivity contribution in [1.82, 2.24) is 5.32 Å². The normalized spacial score (nSPS) is 29.9. The number of carboxylic acid groups (broad SMARTS) is 1. The average Bonchev–Trinajstić information content (AvgIpc) is 2.99. The number of carboxylic acids is 1. The van der Waals surface area contributed by atoms with Crippen molar-refractivity contribution in [1.29, 1.82) is 0 Å². The molecule has 0 aromatic rings. The molecule has 2 rings (SSSR count). The lowest BCUT2D eigenvalue weighted by Gasteiger charge is -2.26. The molecule has 0 bridgehead atoms. The highest BCUT2D eigenvalue weighted by Gasteiger charge is 2.48. The molecule has 0 saturated heterocycles. The van der Waals surface area contributed by atoms with Crippen molar-refractivity contribution in [2.24, 2.45) is 11.8 Å². The zero-order chi connectivity index (χ0) is 12.5. The largest absolute Gasteiger partial charge is 0.481 e. The fourth-order valence-electron chi connectivity index (χ4n) is 2.61. The Morgan fingerprint density at radius 3 is 2.47 bits per heavy atom. The minimum atomic E-state index is -0.842. The highest BCUT2D eigenvalue weighted by Crippen LogP contribution is 2.41. The van der Waals surface area contributed by atoms with E-state index in [9.17, 15) is 9.59 Å². The molecule has 0 spiro atoms. The Morgan fingerprint density at radius 1 is 1.35 bits per heavy atom. The van der Waals surface area contributed by atoms with E-state index in [1.807, 2.05) is 11.8 Å². The van der Waals surface area contributed by atoms with E-state index in [1.54, 1.807) is 0 Å². The van der Waals surface area contributed by atoms with E-state index in [4.69, 9.17) is 5.11 Å². The Balaban J connectivity index is 1.78. The lowest BCUT2D eigenvalue weighted by molar-refractivity contribution is -0.140. The second-order valence-corrected chi connectivity index (χ2v) is 6.37. The SMILES string of the molecule is CSC1(CNC(=O)C2CC2C(=O)O)CCCC1. The van der Waals surface area contributed by atoms with Crippen LogP contribution in [0.1, 0.15) is 32.1 Å². The van der Waals surface area contributed by atoms with Gasteiger partial charge >= 0.3 is 5.97 Å². The zero-order valence-electron chi connectivity index (χ0n) is 10.1. The number of hydrogen-bond donors (Lipinski definition) is 2. The summed E-state index contributed by atoms with van der Waals surface area (Å²) >= 11 is 1.83. The molecule has 0 aliphatic heterocycles. The van der Waals surface area contributed by atoms with Crippen LogP contribution in [0, 0.1) is 11.8 Å². The third kappa shape index (κ3) is 2.76. The van der Waals surface area contributed by atoms with Gasteiger partial charge in [0.15, 0.2) is 0 Å². The highest BCUT2D eigenvalue weighted by molar-refractivity contribution is 8.00. The van der Waals surface area contributed by atoms with Crippen LogP contribution in [0.25, 0.3) is 0 Å². The summed E-state index contributed by atoms with van der Waals surface area (Å²) in [5, 5.41) is 11.7. The van der Waals surface area contributed by atoms with Crippen molar-refractivity contribution < 1.29 is 14.7 Å². The third-order valence-electron chi connectivity index (χ3n) is 3.98. The summed E-state index contributed by atoms with van der Waals surface area (Å²) < 4.78 is 0.198. The van der Waals surface area contributed by atoms with Gasteiger partial charge in [-0.25, -0.2) is 0 Å². The van der Waals surface area contributed by atoms with Gasteiger partial charge in [0, 0.05) is 11.3 Å². The van der Waals surface area contributed by atoms with Gasteiger partial charge in [-0.3, -0.25) is 9.59 Å². The fraction of sp³-hybridized carbons (Fsp3) is 0.833. The van der Waals surface area contributed by atoms with Crippen molar-refractivity contribution in [3.8, 4) is 0 Å². The first-order valence-electron chi connectivity index (χ1n) is 6.14. The van der Waals surface area contributed by atoms with Gasteiger partial charge < -0.3 is 10.4 Å². The predicted molar refractivity (Wildman–Crippen MR) is 67.0 cm³/mol. The Kier molecular flexibility index (Phi) is 3.66. The number of rotatable bonds is 5. The monoisotopic (exact) mass is 257 g/mol. The number of amides is 1. The minimum absolute atomic E-state index is 0.0716. The van der Waals surface area contributed by atoms with Gasteiger partial charge in [0.1, 0.15) is 0 Å². The van der Waals surface area contributed by atoms with Gasteiger partial charge in [-0.2, -0.15) is 11.8 Å². The Hall–Kier alpha value is -0.710. The lowest BCUT2D eigenvalue weighted by atomic mass is 10.1. The molecular weight excluding hydrogens is 238 g/mol. The molecule has 2 unspecified atom stereocenters. The average molecular weight is 257 g/mol. The minimum Gasteiger partial charge on any atom is -0.481 e. The van der Waals surface area contributed by atoms with Crippen molar-refractivity contribution >= 4 is 23.6 Å². The summed E-state index contributed by atoms with van der Waals surface area (Å²) in [4.78, 5) is 22.4. The van der Waals surface area contributed by atoms with Crippen molar-refractivity contribution in [3.63, 3.8) is 0 Å². The van der Waals surface area contributed by atoms with E-state index in [-0.39, 0.29) is 16.6 Å². The van der Waals surface area contributed by atoms with E-state index in [1.165, 1.54) is 12.8 Å². The Labute approximate surface area is 106 Å². The lowest BCUT2D eigenvalue weighted by Crippen LogP contribution is -2.39. The zero-order valence-corrected chi connectivity index (χ0v) is 10.9. The maximum Gasteiger partial charge on any atom is 0.307 e. The van der Waals surface area contributed by atoms with Crippen LogP contribution in [-0.4, -0.2) is 34.5 Å². The Bertz CT molecular complexity index is 326. The number of carbonyl (C=O) groups is 2. The van der Waals surface area contributed by atoms with Gasteiger partial charge in [-0.05, 0) is 25.5 Å². The first-order valence-corrected chi connectivity index (χ1v) is 7.36. The van der Waals surface area contributed by atoms with E-state index in [0.29, 0.717) is 13.0 Å². The fourth-order valence-corrected chi connectivity index (χ4v) is 3.52. The van der Waals surface area contributed by atoms with E-state index >= 15 is 0 Å². The van der Waals surface area contributed by atoms with Gasteiger partial charge in [-0.1, -0.05) is 12.8 Å². The van der Waals surface area contributed by atoms with Crippen LogP contribution in [0.3, 0.4) is 0 Å². The smallest absolute Gasteiger partial charge is 0.307 e. The van der Waals surface area contributed by atoms with Crippen LogP contribution in [0.15, 0.2) is 0 Å². The maximum atomic E-state index is 11.8. The maximum absolute atomic E-state index is 11.8. The molecular formula is C12H19NO3S. The quantitative estimate of drug-likeness (QED) is 0.783. The highest BCUT2D eigenvalue weighted by atomic mass is 32.2. The van der Waals surface area contributed by atoms with Crippen molar-refractivity contribution in [2.75, 3.05) is 12.8 Å². The number of hydrogen-bond acceptors (Lipinski definition) is 3. The van der Waals surface area contributed by atoms with E-state index in [2.05, 4.69) is 11.6 Å². The van der Waals surface area contributed by atoms with Gasteiger partial charge in [-0.15, -0.1) is 0 Å². The van der Waals surface area contributed by atoms with Crippen LogP contribution < -0.4 is 5.32 Å². The van der Waals surface area contributed by atoms with Gasteiger partial charge in [0.25, 0.3) is 0 Å². The summed E-state index contributed by atoms with van der Waals surface area (Å²) in [6, 6.07) is 0. The predicted octanol–water partition coefficient (Wildman–Crippen LogP) is 1.50. The summed E-state index contributed by atoms with van der Waals surface area (Å²) in [6.45, 7) is 0.690. The van der Waals surface area contributed by atoms with E-state index < -0.39 is 11.9 Å².